The van der Waals surface area contributed by atoms with Gasteiger partial charge in [-0.15, -0.1) is 0 Å². The maximum absolute atomic E-state index is 12.1. The van der Waals surface area contributed by atoms with Crippen LogP contribution in [-0.2, 0) is 4.79 Å². The number of hydrogen-bond acceptors (Lipinski definition) is 4. The van der Waals surface area contributed by atoms with Gasteiger partial charge in [-0.3, -0.25) is 14.9 Å². The van der Waals surface area contributed by atoms with E-state index in [0.29, 0.717) is 26.1 Å². The maximum atomic E-state index is 12.1. The van der Waals surface area contributed by atoms with Gasteiger partial charge in [0.25, 0.3) is 11.6 Å². The minimum absolute atomic E-state index is 0.0181. The number of hydrogen-bond donors (Lipinski definition) is 2. The third kappa shape index (κ3) is 2.20. The number of nitrogens with zero attached hydrogens (tertiary/aromatic N) is 2. The fourth-order valence-electron chi connectivity index (χ4n) is 2.17. The van der Waals surface area contributed by atoms with E-state index in [0.717, 1.165) is 5.69 Å². The van der Waals surface area contributed by atoms with E-state index in [4.69, 9.17) is 0 Å². The summed E-state index contributed by atoms with van der Waals surface area (Å²) in [6.45, 7) is 1.84. The number of imidazole rings is 1. The number of carbonyl (C=O) groups excluding carboxylic acids is 1. The predicted octanol–water partition coefficient (Wildman–Crippen LogP) is 2.72. The van der Waals surface area contributed by atoms with Gasteiger partial charge in [0.15, 0.2) is 0 Å². The van der Waals surface area contributed by atoms with Crippen LogP contribution in [0.2, 0.25) is 0 Å². The van der Waals surface area contributed by atoms with Gasteiger partial charge < -0.3 is 10.3 Å². The topological polar surface area (TPSA) is 101 Å². The Kier molecular flexibility index (Phi) is 3.24. The zero-order valence-corrected chi connectivity index (χ0v) is 13.0. The molecule has 7 nitrogen and oxygen atoms in total. The summed E-state index contributed by atoms with van der Waals surface area (Å²) >= 11 is 1.89. The summed E-state index contributed by atoms with van der Waals surface area (Å²) in [6, 6.07) is 2.94. The zero-order valence-electron chi connectivity index (χ0n) is 10.8. The van der Waals surface area contributed by atoms with Crippen molar-refractivity contribution >= 4 is 51.5 Å². The van der Waals surface area contributed by atoms with Crippen molar-refractivity contribution in [3.63, 3.8) is 0 Å². The number of H-pyrrole nitrogens is 1. The molecule has 0 atom stereocenters. The maximum Gasteiger partial charge on any atom is 0.283 e. The van der Waals surface area contributed by atoms with Crippen LogP contribution in [0.25, 0.3) is 11.6 Å². The van der Waals surface area contributed by atoms with Crippen LogP contribution in [0.4, 0.5) is 11.4 Å². The van der Waals surface area contributed by atoms with E-state index in [2.05, 4.69) is 15.3 Å². The number of anilines is 1. The monoisotopic (exact) mass is 396 g/mol. The summed E-state index contributed by atoms with van der Waals surface area (Å²) in [4.78, 5) is 29.7. The lowest BCUT2D eigenvalue weighted by atomic mass is 10.0. The molecule has 1 aromatic heterocycles. The number of rotatable bonds is 2. The molecule has 2 aromatic rings. The fourth-order valence-corrected chi connectivity index (χ4v) is 3.12. The lowest BCUT2D eigenvalue weighted by Gasteiger charge is -2.03. The Labute approximate surface area is 132 Å². The number of benzene rings is 1. The number of nitrogens with one attached hydrogen (secondary N) is 2. The Morgan fingerprint density at radius 2 is 2.19 bits per heavy atom. The van der Waals surface area contributed by atoms with Crippen molar-refractivity contribution in [1.82, 2.24) is 9.97 Å². The Morgan fingerprint density at radius 1 is 1.43 bits per heavy atom. The molecule has 106 valence electrons. The van der Waals surface area contributed by atoms with Crippen molar-refractivity contribution in [3.8, 4) is 0 Å². The Hall–Kier alpha value is -2.23. The molecular weight excluding hydrogens is 387 g/mol. The summed E-state index contributed by atoms with van der Waals surface area (Å²) in [7, 11) is 0. The van der Waals surface area contributed by atoms with Crippen LogP contribution in [-0.4, -0.2) is 20.8 Å². The lowest BCUT2D eigenvalue weighted by Crippen LogP contribution is -2.03. The number of fused-ring (bicyclic) bond motifs is 1. The van der Waals surface area contributed by atoms with Crippen molar-refractivity contribution < 1.29 is 9.72 Å². The van der Waals surface area contributed by atoms with E-state index < -0.39 is 4.92 Å². The lowest BCUT2D eigenvalue weighted by molar-refractivity contribution is -0.385. The average molecular weight is 396 g/mol. The molecule has 1 aliphatic heterocycles. The number of aromatic nitrogens is 2. The highest BCUT2D eigenvalue weighted by Gasteiger charge is 2.30. The molecule has 2 heterocycles. The van der Waals surface area contributed by atoms with E-state index >= 15 is 0 Å². The van der Waals surface area contributed by atoms with Crippen LogP contribution in [0.15, 0.2) is 18.5 Å². The minimum Gasteiger partial charge on any atom is -0.348 e. The normalized spacial score (nSPS) is 15.1. The molecule has 0 fully saturated rings. The molecule has 1 aliphatic rings. The van der Waals surface area contributed by atoms with Crippen molar-refractivity contribution in [2.24, 2.45) is 0 Å². The van der Waals surface area contributed by atoms with Gasteiger partial charge in [0.2, 0.25) is 0 Å². The Morgan fingerprint density at radius 3 is 2.81 bits per heavy atom. The van der Waals surface area contributed by atoms with E-state index in [1.807, 2.05) is 29.5 Å². The summed E-state index contributed by atoms with van der Waals surface area (Å²) in [5, 5.41) is 13.8. The molecule has 0 spiro atoms. The quantitative estimate of drug-likeness (QED) is 0.353. The SMILES string of the molecule is Cc1[nH]cnc1C=C1C(=O)Nc2ccc([N+](=O)[O-])c(I)c21. The van der Waals surface area contributed by atoms with Crippen LogP contribution in [0.1, 0.15) is 17.0 Å². The Balaban J connectivity index is 2.21. The van der Waals surface area contributed by atoms with E-state index in [1.165, 1.54) is 12.4 Å². The highest BCUT2D eigenvalue weighted by molar-refractivity contribution is 14.1. The molecular formula is C13H9IN4O3. The van der Waals surface area contributed by atoms with Gasteiger partial charge in [0.1, 0.15) is 3.57 Å². The fraction of sp³-hybridized carbons (Fsp3) is 0.0769. The first-order chi connectivity index (χ1) is 9.99. The largest absolute Gasteiger partial charge is 0.348 e. The van der Waals surface area contributed by atoms with Gasteiger partial charge >= 0.3 is 0 Å². The molecule has 3 rings (SSSR count). The van der Waals surface area contributed by atoms with Crippen molar-refractivity contribution in [2.45, 2.75) is 6.92 Å². The van der Waals surface area contributed by atoms with E-state index in [9.17, 15) is 14.9 Å². The second-order valence-corrected chi connectivity index (χ2v) is 5.58. The zero-order chi connectivity index (χ0) is 15.1. The van der Waals surface area contributed by atoms with Crippen LogP contribution in [0.5, 0.6) is 0 Å². The summed E-state index contributed by atoms with van der Waals surface area (Å²) < 4.78 is 0.438. The number of aryl methyl sites for hydroxylation is 1. The predicted molar refractivity (Wildman–Crippen MR) is 85.6 cm³/mol. The van der Waals surface area contributed by atoms with Crippen LogP contribution >= 0.6 is 22.6 Å². The molecule has 1 amide bonds. The molecule has 8 heteroatoms. The third-order valence-electron chi connectivity index (χ3n) is 3.23. The van der Waals surface area contributed by atoms with Gasteiger partial charge in [-0.25, -0.2) is 4.98 Å². The molecule has 0 saturated carbocycles. The van der Waals surface area contributed by atoms with Gasteiger partial charge in [-0.1, -0.05) is 0 Å². The third-order valence-corrected chi connectivity index (χ3v) is 4.32. The molecule has 1 aromatic carbocycles. The molecule has 0 aliphatic carbocycles. The number of nitro benzene ring substituents is 1. The first-order valence-electron chi connectivity index (χ1n) is 5.99. The van der Waals surface area contributed by atoms with E-state index in [1.54, 1.807) is 12.1 Å². The first-order valence-corrected chi connectivity index (χ1v) is 7.07. The minimum atomic E-state index is -0.456. The molecule has 0 unspecified atom stereocenters. The van der Waals surface area contributed by atoms with Gasteiger partial charge in [0, 0.05) is 17.3 Å². The summed E-state index contributed by atoms with van der Waals surface area (Å²) in [5.41, 5.74) is 2.95. The molecule has 2 N–H and O–H groups in total. The smallest absolute Gasteiger partial charge is 0.283 e. The number of amides is 1. The number of carbonyl (C=O) groups is 1. The first kappa shape index (κ1) is 13.7. The van der Waals surface area contributed by atoms with Crippen LogP contribution in [0.3, 0.4) is 0 Å². The van der Waals surface area contributed by atoms with Gasteiger partial charge in [0.05, 0.1) is 28.2 Å². The van der Waals surface area contributed by atoms with Crippen molar-refractivity contribution in [1.29, 1.82) is 0 Å². The molecule has 21 heavy (non-hydrogen) atoms. The summed E-state index contributed by atoms with van der Waals surface area (Å²) in [6.07, 6.45) is 3.17. The molecule has 0 radical (unpaired) electrons. The van der Waals surface area contributed by atoms with Gasteiger partial charge in [-0.2, -0.15) is 0 Å². The average Bonchev–Trinajstić information content (AvgIpc) is 2.95. The molecule has 0 saturated heterocycles. The highest BCUT2D eigenvalue weighted by Crippen LogP contribution is 2.40. The van der Waals surface area contributed by atoms with Crippen molar-refractivity contribution in [2.75, 3.05) is 5.32 Å². The number of halogens is 1. The number of nitro groups is 1. The standard InChI is InChI=1S/C13H9IN4O3/c1-6-9(16-5-15-6)4-7-11-8(17-13(7)19)2-3-10(12(11)14)18(20)21/h2-5H,1H3,(H,15,16)(H,17,19). The Bertz CT molecular complexity index is 810. The second-order valence-electron chi connectivity index (χ2n) is 4.50. The summed E-state index contributed by atoms with van der Waals surface area (Å²) in [5.74, 6) is -0.286. The second kappa shape index (κ2) is 4.95. The van der Waals surface area contributed by atoms with Gasteiger partial charge in [-0.05, 0) is 41.7 Å². The molecule has 0 bridgehead atoms. The van der Waals surface area contributed by atoms with Crippen molar-refractivity contribution in [3.05, 3.63) is 49.1 Å². The van der Waals surface area contributed by atoms with Crippen LogP contribution < -0.4 is 5.32 Å². The van der Waals surface area contributed by atoms with E-state index in [-0.39, 0.29) is 11.6 Å². The highest BCUT2D eigenvalue weighted by atomic mass is 127. The van der Waals surface area contributed by atoms with Crippen LogP contribution in [0, 0.1) is 20.6 Å². The number of aromatic amines is 1.